The van der Waals surface area contributed by atoms with E-state index in [0.717, 1.165) is 5.56 Å². The van der Waals surface area contributed by atoms with Gasteiger partial charge in [-0.15, -0.1) is 0 Å². The molecule has 0 saturated carbocycles. The summed E-state index contributed by atoms with van der Waals surface area (Å²) in [7, 11) is 3.07. The van der Waals surface area contributed by atoms with Gasteiger partial charge >= 0.3 is 5.63 Å². The largest absolute Gasteiger partial charge is 0.500 e. The molecule has 154 valence electrons. The first-order valence-corrected chi connectivity index (χ1v) is 9.44. The number of carbonyl (C=O) groups is 2. The van der Waals surface area contributed by atoms with Gasteiger partial charge in [0.05, 0.1) is 18.9 Å². The van der Waals surface area contributed by atoms with E-state index in [-0.39, 0.29) is 18.0 Å². The Morgan fingerprint density at radius 3 is 2.38 bits per heavy atom. The summed E-state index contributed by atoms with van der Waals surface area (Å²) >= 11 is 0. The molecule has 0 aliphatic rings. The minimum absolute atomic E-state index is 0.0611. The lowest BCUT2D eigenvalue weighted by molar-refractivity contribution is -0.116. The molecule has 0 saturated heterocycles. The van der Waals surface area contributed by atoms with Crippen molar-refractivity contribution in [2.24, 2.45) is 0 Å². The smallest absolute Gasteiger partial charge is 0.347 e. The molecule has 0 N–H and O–H groups in total. The van der Waals surface area contributed by atoms with E-state index in [1.54, 1.807) is 37.3 Å². The fourth-order valence-corrected chi connectivity index (χ4v) is 2.91. The number of Topliss-reactive ketones (excluding diaryl/α,β-unsaturated/α-hetero) is 1. The SMILES string of the molecule is CC/C(OC)=c1/cc(C(=O)c2ccc(CCC(C)=O)cc2)c(=O)o/c1=C/COC. The molecule has 1 aromatic carbocycles. The third kappa shape index (κ3) is 5.74. The lowest BCUT2D eigenvalue weighted by Crippen LogP contribution is -2.35. The molecule has 6 heteroatoms. The zero-order valence-corrected chi connectivity index (χ0v) is 17.2. The van der Waals surface area contributed by atoms with Crippen LogP contribution in [0.3, 0.4) is 0 Å². The number of hydrogen-bond donors (Lipinski definition) is 0. The van der Waals surface area contributed by atoms with Gasteiger partial charge in [0.2, 0.25) is 0 Å². The summed E-state index contributed by atoms with van der Waals surface area (Å²) in [6.45, 7) is 3.71. The van der Waals surface area contributed by atoms with Crippen molar-refractivity contribution in [3.8, 4) is 0 Å². The third-order valence-electron chi connectivity index (χ3n) is 4.51. The van der Waals surface area contributed by atoms with Crippen molar-refractivity contribution in [3.05, 3.63) is 68.1 Å². The van der Waals surface area contributed by atoms with Gasteiger partial charge in [0, 0.05) is 25.5 Å². The fourth-order valence-electron chi connectivity index (χ4n) is 2.91. The van der Waals surface area contributed by atoms with E-state index < -0.39 is 11.4 Å². The minimum atomic E-state index is -0.715. The molecule has 1 heterocycles. The van der Waals surface area contributed by atoms with Gasteiger partial charge in [-0.1, -0.05) is 31.2 Å². The van der Waals surface area contributed by atoms with E-state index in [0.29, 0.717) is 41.2 Å². The Hall–Kier alpha value is -2.99. The summed E-state index contributed by atoms with van der Waals surface area (Å²) < 4.78 is 15.8. The first kappa shape index (κ1) is 22.3. The molecular formula is C23H26O6. The van der Waals surface area contributed by atoms with Gasteiger partial charge in [0.15, 0.2) is 5.78 Å². The minimum Gasteiger partial charge on any atom is -0.500 e. The van der Waals surface area contributed by atoms with Crippen LogP contribution >= 0.6 is 0 Å². The normalized spacial score (nSPS) is 12.6. The highest BCUT2D eigenvalue weighted by atomic mass is 16.5. The molecule has 29 heavy (non-hydrogen) atoms. The fraction of sp³-hybridized carbons (Fsp3) is 0.348. The molecule has 0 atom stereocenters. The van der Waals surface area contributed by atoms with Gasteiger partial charge in [0.25, 0.3) is 0 Å². The molecule has 2 rings (SSSR count). The van der Waals surface area contributed by atoms with Crippen LogP contribution in [0.4, 0.5) is 0 Å². The zero-order chi connectivity index (χ0) is 21.4. The lowest BCUT2D eigenvalue weighted by Gasteiger charge is -2.06. The highest BCUT2D eigenvalue weighted by molar-refractivity contribution is 6.08. The van der Waals surface area contributed by atoms with Gasteiger partial charge in [-0.2, -0.15) is 0 Å². The van der Waals surface area contributed by atoms with Crippen LogP contribution in [-0.4, -0.2) is 32.4 Å². The van der Waals surface area contributed by atoms with E-state index in [4.69, 9.17) is 13.9 Å². The first-order valence-electron chi connectivity index (χ1n) is 9.44. The van der Waals surface area contributed by atoms with Crippen molar-refractivity contribution < 1.29 is 23.5 Å². The summed E-state index contributed by atoms with van der Waals surface area (Å²) in [4.78, 5) is 36.5. The van der Waals surface area contributed by atoms with Crippen LogP contribution in [0, 0.1) is 0 Å². The number of benzene rings is 1. The quantitative estimate of drug-likeness (QED) is 0.601. The molecule has 0 radical (unpaired) electrons. The highest BCUT2D eigenvalue weighted by Crippen LogP contribution is 2.10. The molecule has 6 nitrogen and oxygen atoms in total. The van der Waals surface area contributed by atoms with Crippen LogP contribution in [0.15, 0.2) is 39.5 Å². The second-order valence-corrected chi connectivity index (χ2v) is 6.59. The van der Waals surface area contributed by atoms with E-state index in [1.807, 2.05) is 6.92 Å². The number of methoxy groups -OCH3 is 2. The molecule has 0 bridgehead atoms. The molecular weight excluding hydrogens is 372 g/mol. The Labute approximate surface area is 169 Å². The third-order valence-corrected chi connectivity index (χ3v) is 4.51. The standard InChI is InChI=1S/C23H26O6/c1-5-20(28-4)18-14-19(23(26)29-21(18)12-13-27-3)22(25)17-10-8-16(9-11-17)7-6-15(2)24/h8-12,14H,5-7,13H2,1-4H3/b20-18+,21-12+. The first-order chi connectivity index (χ1) is 13.9. The molecule has 0 unspecified atom stereocenters. The second kappa shape index (κ2) is 10.5. The van der Waals surface area contributed by atoms with Crippen LogP contribution in [0.25, 0.3) is 11.8 Å². The predicted octanol–water partition coefficient (Wildman–Crippen LogP) is 1.98. The predicted molar refractivity (Wildman–Crippen MR) is 110 cm³/mol. The molecule has 0 spiro atoms. The second-order valence-electron chi connectivity index (χ2n) is 6.59. The van der Waals surface area contributed by atoms with Crippen molar-refractivity contribution in [2.75, 3.05) is 20.8 Å². The summed E-state index contributed by atoms with van der Waals surface area (Å²) in [6.07, 6.45) is 3.26. The van der Waals surface area contributed by atoms with E-state index in [2.05, 4.69) is 0 Å². The van der Waals surface area contributed by atoms with Gasteiger partial charge in [-0.05, 0) is 31.1 Å². The van der Waals surface area contributed by atoms with Crippen molar-refractivity contribution in [1.82, 2.24) is 0 Å². The summed E-state index contributed by atoms with van der Waals surface area (Å²) in [6, 6.07) is 8.41. The Balaban J connectivity index is 2.50. The molecule has 0 amide bonds. The summed E-state index contributed by atoms with van der Waals surface area (Å²) in [5.74, 6) is 0.287. The zero-order valence-electron chi connectivity index (χ0n) is 17.2. The van der Waals surface area contributed by atoms with Gasteiger partial charge in [0.1, 0.15) is 22.5 Å². The van der Waals surface area contributed by atoms with Crippen LogP contribution in [0.1, 0.15) is 48.2 Å². The Kier molecular flexibility index (Phi) is 8.09. The maximum atomic E-state index is 12.9. The average Bonchev–Trinajstić information content (AvgIpc) is 2.72. The summed E-state index contributed by atoms with van der Waals surface area (Å²) in [5, 5.41) is 0.549. The number of rotatable bonds is 9. The van der Waals surface area contributed by atoms with Gasteiger partial charge in [-0.3, -0.25) is 4.79 Å². The topological polar surface area (TPSA) is 82.8 Å². The van der Waals surface area contributed by atoms with Crippen LogP contribution in [0.5, 0.6) is 0 Å². The number of hydrogen-bond acceptors (Lipinski definition) is 6. The van der Waals surface area contributed by atoms with E-state index in [1.165, 1.54) is 20.3 Å². The van der Waals surface area contributed by atoms with E-state index >= 15 is 0 Å². The molecule has 0 aliphatic carbocycles. The van der Waals surface area contributed by atoms with Gasteiger partial charge < -0.3 is 18.7 Å². The Morgan fingerprint density at radius 1 is 1.14 bits per heavy atom. The monoisotopic (exact) mass is 398 g/mol. The van der Waals surface area contributed by atoms with Crippen molar-refractivity contribution in [3.63, 3.8) is 0 Å². The maximum absolute atomic E-state index is 12.9. The maximum Gasteiger partial charge on any atom is 0.347 e. The number of ketones is 2. The number of ether oxygens (including phenoxy) is 2. The average molecular weight is 398 g/mol. The molecule has 0 aliphatic heterocycles. The van der Waals surface area contributed by atoms with Crippen molar-refractivity contribution >= 4 is 23.4 Å². The van der Waals surface area contributed by atoms with Crippen LogP contribution in [-0.2, 0) is 20.7 Å². The molecule has 2 aromatic rings. The van der Waals surface area contributed by atoms with Gasteiger partial charge in [-0.25, -0.2) is 4.79 Å². The van der Waals surface area contributed by atoms with Crippen LogP contribution < -0.4 is 16.3 Å². The number of aryl methyl sites for hydroxylation is 1. The highest BCUT2D eigenvalue weighted by Gasteiger charge is 2.16. The number of carbonyl (C=O) groups excluding carboxylic acids is 2. The summed E-state index contributed by atoms with van der Waals surface area (Å²) in [5.41, 5.74) is 0.864. The Bertz CT molecular complexity index is 1040. The molecule has 0 fully saturated rings. The Morgan fingerprint density at radius 2 is 1.83 bits per heavy atom. The molecule has 1 aromatic heterocycles. The van der Waals surface area contributed by atoms with Crippen LogP contribution in [0.2, 0.25) is 0 Å². The lowest BCUT2D eigenvalue weighted by atomic mass is 10.0. The van der Waals surface area contributed by atoms with Crippen molar-refractivity contribution in [1.29, 1.82) is 0 Å². The van der Waals surface area contributed by atoms with E-state index in [9.17, 15) is 14.4 Å². The van der Waals surface area contributed by atoms with Crippen molar-refractivity contribution in [2.45, 2.75) is 33.1 Å².